The van der Waals surface area contributed by atoms with Crippen LogP contribution in [0.25, 0.3) is 0 Å². The predicted octanol–water partition coefficient (Wildman–Crippen LogP) is 3.71. The number of carbonyl (C=O) groups is 2. The van der Waals surface area contributed by atoms with E-state index < -0.39 is 35.0 Å². The van der Waals surface area contributed by atoms with Crippen molar-refractivity contribution in [3.63, 3.8) is 0 Å². The van der Waals surface area contributed by atoms with Crippen molar-refractivity contribution in [1.82, 2.24) is 10.2 Å². The van der Waals surface area contributed by atoms with Crippen LogP contribution < -0.4 is 11.1 Å². The molecule has 0 fully saturated rings. The molecule has 3 atom stereocenters. The number of nitrogens with two attached hydrogens (primary N) is 1. The average Bonchev–Trinajstić information content (AvgIpc) is 2.98. The maximum atomic E-state index is 14.3. The average molecular weight is 614 g/mol. The van der Waals surface area contributed by atoms with Gasteiger partial charge in [-0.15, -0.1) is 0 Å². The molecule has 0 saturated carbocycles. The summed E-state index contributed by atoms with van der Waals surface area (Å²) >= 11 is 0. The minimum absolute atomic E-state index is 0.0614. The van der Waals surface area contributed by atoms with Gasteiger partial charge in [0, 0.05) is 58.0 Å². The molecule has 10 heteroatoms. The summed E-state index contributed by atoms with van der Waals surface area (Å²) in [6.45, 7) is 5.57. The van der Waals surface area contributed by atoms with E-state index >= 15 is 0 Å². The number of hydrogen-bond donors (Lipinski definition) is 3. The number of ether oxygens (including phenoxy) is 2. The Kier molecular flexibility index (Phi) is 13.2. The maximum Gasteiger partial charge on any atom is 0.249 e. The monoisotopic (exact) mass is 613 g/mol. The van der Waals surface area contributed by atoms with Gasteiger partial charge in [-0.25, -0.2) is 8.78 Å². The summed E-state index contributed by atoms with van der Waals surface area (Å²) in [4.78, 5) is 28.8. The molecule has 1 aliphatic rings. The second-order valence-electron chi connectivity index (χ2n) is 11.4. The van der Waals surface area contributed by atoms with Crippen LogP contribution in [-0.4, -0.2) is 75.0 Å². The Balaban J connectivity index is 1.97. The van der Waals surface area contributed by atoms with E-state index in [4.69, 9.17) is 15.2 Å². The molecular formula is C34H45F2N3O5. The lowest BCUT2D eigenvalue weighted by atomic mass is 9.63. The largest absolute Gasteiger partial charge is 0.391 e. The van der Waals surface area contributed by atoms with Crippen molar-refractivity contribution in [2.24, 2.45) is 17.1 Å². The highest BCUT2D eigenvalue weighted by atomic mass is 19.1. The summed E-state index contributed by atoms with van der Waals surface area (Å²) in [5.74, 6) is -3.52. The number of methoxy groups -OCH3 is 2. The van der Waals surface area contributed by atoms with Crippen LogP contribution in [0.2, 0.25) is 0 Å². The molecule has 8 nitrogen and oxygen atoms in total. The van der Waals surface area contributed by atoms with E-state index in [1.807, 2.05) is 18.2 Å². The molecule has 0 heterocycles. The number of hydrogen-bond acceptors (Lipinski definition) is 6. The van der Waals surface area contributed by atoms with Crippen LogP contribution in [0, 0.1) is 23.0 Å². The molecule has 0 aromatic heterocycles. The molecule has 2 aromatic carbocycles. The highest BCUT2D eigenvalue weighted by Crippen LogP contribution is 2.44. The number of amides is 2. The third kappa shape index (κ3) is 9.28. The van der Waals surface area contributed by atoms with Gasteiger partial charge in [-0.3, -0.25) is 9.59 Å². The zero-order chi connectivity index (χ0) is 32.3. The summed E-state index contributed by atoms with van der Waals surface area (Å²) in [5.41, 5.74) is 8.01. The van der Waals surface area contributed by atoms with Crippen molar-refractivity contribution < 1.29 is 33.0 Å². The molecule has 0 spiro atoms. The third-order valence-electron chi connectivity index (χ3n) is 8.11. The van der Waals surface area contributed by atoms with Crippen LogP contribution in [0.5, 0.6) is 0 Å². The second-order valence-corrected chi connectivity index (χ2v) is 11.4. The Morgan fingerprint density at radius 2 is 1.68 bits per heavy atom. The number of nitrogens with one attached hydrogen (secondary N) is 1. The molecule has 0 radical (unpaired) electrons. The Labute approximate surface area is 258 Å². The first-order chi connectivity index (χ1) is 21.0. The van der Waals surface area contributed by atoms with Crippen molar-refractivity contribution in [2.75, 3.05) is 47.1 Å². The summed E-state index contributed by atoms with van der Waals surface area (Å²) in [6.07, 6.45) is 2.95. The molecule has 240 valence electrons. The molecule has 1 aliphatic carbocycles. The smallest absolute Gasteiger partial charge is 0.249 e. The van der Waals surface area contributed by atoms with Crippen LogP contribution in [-0.2, 0) is 38.4 Å². The zero-order valence-corrected chi connectivity index (χ0v) is 26.1. The number of nitrogens with zero attached hydrogens (tertiary/aromatic N) is 1. The molecule has 1 unspecified atom stereocenters. The van der Waals surface area contributed by atoms with E-state index in [-0.39, 0.29) is 30.9 Å². The molecule has 4 N–H and O–H groups in total. The molecule has 0 aliphatic heterocycles. The van der Waals surface area contributed by atoms with Crippen LogP contribution in [0.1, 0.15) is 37.0 Å². The fraction of sp³-hybridized carbons (Fsp3) is 0.471. The summed E-state index contributed by atoms with van der Waals surface area (Å²) in [5, 5.41) is 14.9. The number of rotatable bonds is 17. The number of primary amides is 1. The summed E-state index contributed by atoms with van der Waals surface area (Å²) in [6, 6.07) is 11.2. The number of aliphatic hydroxyl groups is 1. The van der Waals surface area contributed by atoms with Gasteiger partial charge in [-0.1, -0.05) is 48.9 Å². The Morgan fingerprint density at radius 1 is 1.05 bits per heavy atom. The molecule has 3 rings (SSSR count). The van der Waals surface area contributed by atoms with Crippen LogP contribution in [0.4, 0.5) is 8.78 Å². The fourth-order valence-corrected chi connectivity index (χ4v) is 5.89. The van der Waals surface area contributed by atoms with Gasteiger partial charge >= 0.3 is 0 Å². The Bertz CT molecular complexity index is 1320. The van der Waals surface area contributed by atoms with Crippen molar-refractivity contribution >= 4 is 11.8 Å². The summed E-state index contributed by atoms with van der Waals surface area (Å²) < 4.78 is 38.9. The predicted molar refractivity (Wildman–Crippen MR) is 166 cm³/mol. The van der Waals surface area contributed by atoms with Gasteiger partial charge in [0.25, 0.3) is 0 Å². The van der Waals surface area contributed by atoms with Crippen LogP contribution in [0.15, 0.2) is 65.8 Å². The number of benzene rings is 2. The van der Waals surface area contributed by atoms with E-state index in [2.05, 4.69) is 18.3 Å². The van der Waals surface area contributed by atoms with Gasteiger partial charge in [0.15, 0.2) is 0 Å². The number of carbonyl (C=O) groups excluding carboxylic acids is 2. The van der Waals surface area contributed by atoms with Gasteiger partial charge < -0.3 is 30.5 Å². The summed E-state index contributed by atoms with van der Waals surface area (Å²) in [7, 11) is 3.08. The highest BCUT2D eigenvalue weighted by molar-refractivity contribution is 5.97. The molecule has 0 saturated heterocycles. The third-order valence-corrected chi connectivity index (χ3v) is 8.11. The zero-order valence-electron chi connectivity index (χ0n) is 26.1. The quantitative estimate of drug-likeness (QED) is 0.251. The topological polar surface area (TPSA) is 114 Å². The minimum atomic E-state index is -1.52. The SMILES string of the molecule is CCc1cccc(CNC[C@H](O)[C@@H](Cc2cc(F)cc(F)c2)C2(C(N)=O)C=C(C)C=C(C(=O)N(CCOC)CCOC)C2)c1. The number of allylic oxidation sites excluding steroid dienone is 2. The van der Waals surface area contributed by atoms with E-state index in [0.717, 1.165) is 18.1 Å². The van der Waals surface area contributed by atoms with Crippen molar-refractivity contribution in [3.8, 4) is 0 Å². The van der Waals surface area contributed by atoms with E-state index in [1.54, 1.807) is 38.2 Å². The van der Waals surface area contributed by atoms with Crippen molar-refractivity contribution in [1.29, 1.82) is 0 Å². The first-order valence-electron chi connectivity index (χ1n) is 14.9. The maximum absolute atomic E-state index is 14.3. The first kappa shape index (κ1) is 35.0. The van der Waals surface area contributed by atoms with E-state index in [1.165, 1.54) is 17.7 Å². The van der Waals surface area contributed by atoms with Gasteiger partial charge in [0.2, 0.25) is 11.8 Å². The number of halogens is 2. The molecule has 0 bridgehead atoms. The van der Waals surface area contributed by atoms with Gasteiger partial charge in [0.1, 0.15) is 11.6 Å². The molecular weight excluding hydrogens is 568 g/mol. The van der Waals surface area contributed by atoms with Crippen LogP contribution >= 0.6 is 0 Å². The minimum Gasteiger partial charge on any atom is -0.391 e. The van der Waals surface area contributed by atoms with Crippen molar-refractivity contribution in [3.05, 3.63) is 94.1 Å². The lowest BCUT2D eigenvalue weighted by Crippen LogP contribution is -2.52. The lowest BCUT2D eigenvalue weighted by Gasteiger charge is -2.42. The Morgan fingerprint density at radius 3 is 2.27 bits per heavy atom. The number of aliphatic hydroxyl groups excluding tert-OH is 1. The molecule has 2 amide bonds. The van der Waals surface area contributed by atoms with Crippen LogP contribution in [0.3, 0.4) is 0 Å². The standard InChI is InChI=1S/C34H45F2N3O5/c1-5-24-7-6-8-25(14-24)21-38-22-31(40)30(17-26-15-28(35)18-29(36)16-26)34(33(37)42)19-23(2)13-27(20-34)32(41)39(9-11-43-3)10-12-44-4/h6-8,13-16,18-19,30-31,38,40H,5,9-12,17,20-22H2,1-4H3,(H2,37,42)/t30-,31+,34?/m1/s1. The number of aryl methyl sites for hydroxylation is 1. The Hall–Kier alpha value is -3.44. The van der Waals surface area contributed by atoms with Gasteiger partial charge in [0.05, 0.1) is 24.7 Å². The van der Waals surface area contributed by atoms with Gasteiger partial charge in [-0.05, 0) is 55.0 Å². The highest BCUT2D eigenvalue weighted by Gasteiger charge is 2.48. The van der Waals surface area contributed by atoms with Crippen molar-refractivity contribution in [2.45, 2.75) is 45.8 Å². The lowest BCUT2D eigenvalue weighted by molar-refractivity contribution is -0.132. The second kappa shape index (κ2) is 16.6. The van der Waals surface area contributed by atoms with E-state index in [0.29, 0.717) is 44.0 Å². The van der Waals surface area contributed by atoms with Gasteiger partial charge in [-0.2, -0.15) is 0 Å². The fourth-order valence-electron chi connectivity index (χ4n) is 5.89. The molecule has 2 aromatic rings. The molecule has 44 heavy (non-hydrogen) atoms. The normalized spacial score (nSPS) is 17.9. The first-order valence-corrected chi connectivity index (χ1v) is 14.9. The van der Waals surface area contributed by atoms with E-state index in [9.17, 15) is 23.5 Å².